The van der Waals surface area contributed by atoms with Crippen molar-refractivity contribution in [2.45, 2.75) is 52.4 Å². The van der Waals surface area contributed by atoms with Gasteiger partial charge in [-0.2, -0.15) is 0 Å². The van der Waals surface area contributed by atoms with Gasteiger partial charge < -0.3 is 10.1 Å². The van der Waals surface area contributed by atoms with Crippen LogP contribution in [0.5, 0.6) is 0 Å². The van der Waals surface area contributed by atoms with Crippen LogP contribution in [-0.4, -0.2) is 31.9 Å². The van der Waals surface area contributed by atoms with Gasteiger partial charge in [0.1, 0.15) is 22.8 Å². The zero-order chi connectivity index (χ0) is 28.2. The van der Waals surface area contributed by atoms with Crippen molar-refractivity contribution in [1.29, 1.82) is 0 Å². The van der Waals surface area contributed by atoms with Crippen molar-refractivity contribution in [1.82, 2.24) is 14.5 Å². The first-order chi connectivity index (χ1) is 17.8. The summed E-state index contributed by atoms with van der Waals surface area (Å²) in [5.41, 5.74) is -2.75. The van der Waals surface area contributed by atoms with Gasteiger partial charge >= 0.3 is 11.8 Å². The Morgan fingerprint density at radius 3 is 2.16 bits per heavy atom. The largest absolute Gasteiger partial charge is 0.444 e. The Hall–Kier alpha value is -3.60. The number of carbonyl (C=O) groups is 2. The van der Waals surface area contributed by atoms with Gasteiger partial charge in [0.05, 0.1) is 24.5 Å². The van der Waals surface area contributed by atoms with Crippen LogP contribution < -0.4 is 16.6 Å². The van der Waals surface area contributed by atoms with E-state index >= 15 is 0 Å². The summed E-state index contributed by atoms with van der Waals surface area (Å²) < 4.78 is 36.0. The van der Waals surface area contributed by atoms with Crippen LogP contribution >= 0.6 is 15.9 Å². The van der Waals surface area contributed by atoms with Gasteiger partial charge in [0.2, 0.25) is 0 Å². The minimum atomic E-state index is -0.912. The SMILES string of the molecule is Cc1c(C(=O)CBr)c(=O)n(C[C@H](NC(=O)OC(C)(C)C)c2ccccc2)c(=O)n1Cc1c(F)cccc1F. The Balaban J connectivity index is 2.18. The van der Waals surface area contributed by atoms with Crippen LogP contribution in [0.1, 0.15) is 54.0 Å². The van der Waals surface area contributed by atoms with Gasteiger partial charge in [-0.1, -0.05) is 52.3 Å². The number of benzene rings is 2. The molecule has 3 aromatic rings. The van der Waals surface area contributed by atoms with Gasteiger partial charge in [-0.15, -0.1) is 0 Å². The summed E-state index contributed by atoms with van der Waals surface area (Å²) >= 11 is 3.05. The van der Waals surface area contributed by atoms with Crippen molar-refractivity contribution in [2.75, 3.05) is 5.33 Å². The van der Waals surface area contributed by atoms with Crippen LogP contribution in [0.3, 0.4) is 0 Å². The van der Waals surface area contributed by atoms with Gasteiger partial charge in [-0.25, -0.2) is 18.4 Å². The minimum Gasteiger partial charge on any atom is -0.444 e. The first kappa shape index (κ1) is 29.0. The highest BCUT2D eigenvalue weighted by Gasteiger charge is 2.26. The number of carbonyl (C=O) groups excluding carboxylic acids is 2. The Labute approximate surface area is 226 Å². The minimum absolute atomic E-state index is 0.0280. The molecule has 1 heterocycles. The molecule has 38 heavy (non-hydrogen) atoms. The number of rotatable bonds is 8. The number of Topliss-reactive ketones (excluding diaryl/α,β-unsaturated/α-hetero) is 1. The van der Waals surface area contributed by atoms with Crippen molar-refractivity contribution in [2.24, 2.45) is 0 Å². The zero-order valence-electron chi connectivity index (χ0n) is 21.4. The van der Waals surface area contributed by atoms with E-state index in [9.17, 15) is 28.0 Å². The van der Waals surface area contributed by atoms with Gasteiger partial charge in [0, 0.05) is 11.3 Å². The monoisotopic (exact) mass is 591 g/mol. The van der Waals surface area contributed by atoms with Crippen molar-refractivity contribution in [3.63, 3.8) is 0 Å². The third kappa shape index (κ3) is 6.63. The second-order valence-corrected chi connectivity index (χ2v) is 10.2. The van der Waals surface area contributed by atoms with Crippen molar-refractivity contribution in [3.05, 3.63) is 103 Å². The molecule has 11 heteroatoms. The van der Waals surface area contributed by atoms with Gasteiger partial charge in [0.15, 0.2) is 5.78 Å². The molecule has 1 aromatic heterocycles. The summed E-state index contributed by atoms with van der Waals surface area (Å²) in [7, 11) is 0. The summed E-state index contributed by atoms with van der Waals surface area (Å²) in [6.45, 7) is 5.51. The van der Waals surface area contributed by atoms with E-state index in [4.69, 9.17) is 4.74 Å². The van der Waals surface area contributed by atoms with E-state index in [1.165, 1.54) is 13.0 Å². The molecule has 202 valence electrons. The second-order valence-electron chi connectivity index (χ2n) is 9.61. The molecule has 0 aliphatic heterocycles. The fourth-order valence-corrected chi connectivity index (χ4v) is 4.21. The lowest BCUT2D eigenvalue weighted by Crippen LogP contribution is -2.47. The molecule has 0 unspecified atom stereocenters. The lowest BCUT2D eigenvalue weighted by Gasteiger charge is -2.25. The lowest BCUT2D eigenvalue weighted by molar-refractivity contribution is 0.0497. The third-order valence-corrected chi connectivity index (χ3v) is 6.23. The van der Waals surface area contributed by atoms with Gasteiger partial charge in [-0.3, -0.25) is 18.7 Å². The summed E-state index contributed by atoms with van der Waals surface area (Å²) in [6.07, 6.45) is -0.781. The number of halogens is 3. The Kier molecular flexibility index (Phi) is 9.03. The van der Waals surface area contributed by atoms with E-state index in [2.05, 4.69) is 21.2 Å². The average Bonchev–Trinajstić information content (AvgIpc) is 2.84. The summed E-state index contributed by atoms with van der Waals surface area (Å²) in [6, 6.07) is 11.0. The molecule has 0 saturated carbocycles. The maximum absolute atomic E-state index is 14.5. The third-order valence-electron chi connectivity index (χ3n) is 5.72. The van der Waals surface area contributed by atoms with Crippen molar-refractivity contribution < 1.29 is 23.1 Å². The van der Waals surface area contributed by atoms with Crippen LogP contribution in [0, 0.1) is 18.6 Å². The quantitative estimate of drug-likeness (QED) is 0.307. The smallest absolute Gasteiger partial charge is 0.408 e. The van der Waals surface area contributed by atoms with Gasteiger partial charge in [0.25, 0.3) is 5.56 Å². The number of alkyl halides is 1. The molecule has 0 bridgehead atoms. The Morgan fingerprint density at radius 2 is 1.61 bits per heavy atom. The molecule has 0 fully saturated rings. The van der Waals surface area contributed by atoms with E-state index in [0.29, 0.717) is 5.56 Å². The normalized spacial score (nSPS) is 12.2. The topological polar surface area (TPSA) is 99.4 Å². The first-order valence-corrected chi connectivity index (χ1v) is 12.9. The van der Waals surface area contributed by atoms with Crippen LogP contribution in [-0.2, 0) is 17.8 Å². The summed E-state index contributed by atoms with van der Waals surface area (Å²) in [5, 5.41) is 2.46. The predicted molar refractivity (Wildman–Crippen MR) is 142 cm³/mol. The van der Waals surface area contributed by atoms with Gasteiger partial charge in [-0.05, 0) is 45.4 Å². The van der Waals surface area contributed by atoms with E-state index < -0.39 is 58.5 Å². The number of hydrogen-bond acceptors (Lipinski definition) is 5. The average molecular weight is 592 g/mol. The molecule has 1 amide bonds. The van der Waals surface area contributed by atoms with E-state index in [1.54, 1.807) is 51.1 Å². The number of amides is 1. The highest BCUT2D eigenvalue weighted by Crippen LogP contribution is 2.18. The highest BCUT2D eigenvalue weighted by atomic mass is 79.9. The molecule has 0 aliphatic rings. The molecule has 0 saturated heterocycles. The molecular formula is C27H28BrF2N3O5. The molecular weight excluding hydrogens is 564 g/mol. The molecule has 2 aromatic carbocycles. The second kappa shape index (κ2) is 11.8. The fourth-order valence-electron chi connectivity index (χ4n) is 3.93. The van der Waals surface area contributed by atoms with E-state index in [-0.39, 0.29) is 23.1 Å². The number of aromatic nitrogens is 2. The molecule has 8 nitrogen and oxygen atoms in total. The number of ketones is 1. The van der Waals surface area contributed by atoms with Crippen LogP contribution in [0.2, 0.25) is 0 Å². The van der Waals surface area contributed by atoms with E-state index in [0.717, 1.165) is 21.3 Å². The zero-order valence-corrected chi connectivity index (χ0v) is 23.0. The molecule has 0 radical (unpaired) electrons. The fraction of sp³-hybridized carbons (Fsp3) is 0.333. The highest BCUT2D eigenvalue weighted by molar-refractivity contribution is 9.09. The Bertz CT molecular complexity index is 1440. The molecule has 1 atom stereocenters. The summed E-state index contributed by atoms with van der Waals surface area (Å²) in [5.74, 6) is -2.37. The number of alkyl carbamates (subject to hydrolysis) is 1. The van der Waals surface area contributed by atoms with Crippen LogP contribution in [0.15, 0.2) is 58.1 Å². The standard InChI is InChI=1S/C27H28BrF2N3O5/c1-16-23(22(34)13-28)24(35)33(26(37)32(16)14-18-19(29)11-8-12-20(18)30)15-21(17-9-6-5-7-10-17)31-25(36)38-27(2,3)4/h5-12,21H,13-15H2,1-4H3,(H,31,36)/t21-/m0/s1. The first-order valence-electron chi connectivity index (χ1n) is 11.7. The van der Waals surface area contributed by atoms with Crippen molar-refractivity contribution in [3.8, 4) is 0 Å². The Morgan fingerprint density at radius 1 is 1.00 bits per heavy atom. The maximum atomic E-state index is 14.5. The number of nitrogens with one attached hydrogen (secondary N) is 1. The number of hydrogen-bond donors (Lipinski definition) is 1. The van der Waals surface area contributed by atoms with Crippen LogP contribution in [0.4, 0.5) is 13.6 Å². The summed E-state index contributed by atoms with van der Waals surface area (Å²) in [4.78, 5) is 52.4. The molecule has 1 N–H and O–H groups in total. The molecule has 0 spiro atoms. The molecule has 0 aliphatic carbocycles. The molecule has 3 rings (SSSR count). The number of nitrogens with zero attached hydrogens (tertiary/aromatic N) is 2. The number of ether oxygens (including phenoxy) is 1. The van der Waals surface area contributed by atoms with Crippen molar-refractivity contribution >= 4 is 27.8 Å². The lowest BCUT2D eigenvalue weighted by atomic mass is 10.1. The maximum Gasteiger partial charge on any atom is 0.408 e. The van der Waals surface area contributed by atoms with Crippen LogP contribution in [0.25, 0.3) is 0 Å². The van der Waals surface area contributed by atoms with E-state index in [1.807, 2.05) is 0 Å². The predicted octanol–water partition coefficient (Wildman–Crippen LogP) is 4.49.